The van der Waals surface area contributed by atoms with Crippen LogP contribution in [-0.2, 0) is 0 Å². The maximum atomic E-state index is 6.00. The molecule has 20 heavy (non-hydrogen) atoms. The van der Waals surface area contributed by atoms with Crippen LogP contribution >= 0.6 is 11.6 Å². The molecule has 5 nitrogen and oxygen atoms in total. The SMILES string of the molecule is CC(C)N(CC1CCCN1)c1nc2ccc(Cl)cn2n1. The highest BCUT2D eigenvalue weighted by Crippen LogP contribution is 2.18. The van der Waals surface area contributed by atoms with Crippen molar-refractivity contribution in [2.45, 2.75) is 38.8 Å². The molecule has 1 N–H and O–H groups in total. The van der Waals surface area contributed by atoms with E-state index in [1.54, 1.807) is 10.7 Å². The molecule has 108 valence electrons. The van der Waals surface area contributed by atoms with Gasteiger partial charge >= 0.3 is 0 Å². The molecule has 0 aliphatic carbocycles. The number of rotatable bonds is 4. The van der Waals surface area contributed by atoms with Crippen molar-refractivity contribution in [3.63, 3.8) is 0 Å². The van der Waals surface area contributed by atoms with Gasteiger partial charge in [0.2, 0.25) is 5.95 Å². The molecule has 3 heterocycles. The molecule has 6 heteroatoms. The largest absolute Gasteiger partial charge is 0.336 e. The Balaban J connectivity index is 1.88. The molecule has 2 aromatic heterocycles. The van der Waals surface area contributed by atoms with Gasteiger partial charge in [0.15, 0.2) is 5.65 Å². The van der Waals surface area contributed by atoms with Crippen LogP contribution in [0.1, 0.15) is 26.7 Å². The van der Waals surface area contributed by atoms with Crippen molar-refractivity contribution in [3.8, 4) is 0 Å². The summed E-state index contributed by atoms with van der Waals surface area (Å²) < 4.78 is 1.75. The van der Waals surface area contributed by atoms with Gasteiger partial charge in [0, 0.05) is 24.8 Å². The summed E-state index contributed by atoms with van der Waals surface area (Å²) in [7, 11) is 0. The zero-order chi connectivity index (χ0) is 14.1. The van der Waals surface area contributed by atoms with Gasteiger partial charge in [-0.2, -0.15) is 4.98 Å². The van der Waals surface area contributed by atoms with E-state index >= 15 is 0 Å². The van der Waals surface area contributed by atoms with Gasteiger partial charge in [0.25, 0.3) is 0 Å². The number of anilines is 1. The molecule has 0 amide bonds. The second kappa shape index (κ2) is 5.58. The molecule has 1 atom stereocenters. The average Bonchev–Trinajstić information content (AvgIpc) is 3.03. The van der Waals surface area contributed by atoms with Gasteiger partial charge in [-0.3, -0.25) is 0 Å². The second-order valence-corrected chi connectivity index (χ2v) is 6.04. The minimum Gasteiger partial charge on any atom is -0.336 e. The normalized spacial score (nSPS) is 19.1. The number of nitrogens with one attached hydrogen (secondary N) is 1. The van der Waals surface area contributed by atoms with E-state index < -0.39 is 0 Å². The Morgan fingerprint density at radius 1 is 1.50 bits per heavy atom. The van der Waals surface area contributed by atoms with Crippen LogP contribution in [0.25, 0.3) is 5.65 Å². The number of aromatic nitrogens is 3. The lowest BCUT2D eigenvalue weighted by atomic mass is 10.2. The number of halogens is 1. The van der Waals surface area contributed by atoms with Crippen molar-refractivity contribution in [2.75, 3.05) is 18.0 Å². The molecule has 0 aromatic carbocycles. The minimum absolute atomic E-state index is 0.366. The van der Waals surface area contributed by atoms with Gasteiger partial charge in [0.05, 0.1) is 5.02 Å². The molecule has 0 radical (unpaired) electrons. The smallest absolute Gasteiger partial charge is 0.245 e. The topological polar surface area (TPSA) is 45.5 Å². The van der Waals surface area contributed by atoms with E-state index in [9.17, 15) is 0 Å². The van der Waals surface area contributed by atoms with Crippen molar-refractivity contribution in [1.29, 1.82) is 0 Å². The second-order valence-electron chi connectivity index (χ2n) is 5.60. The van der Waals surface area contributed by atoms with Crippen molar-refractivity contribution in [2.24, 2.45) is 0 Å². The van der Waals surface area contributed by atoms with Gasteiger partial charge in [-0.15, -0.1) is 5.10 Å². The fourth-order valence-electron chi connectivity index (χ4n) is 2.64. The molecule has 3 rings (SSSR count). The molecular formula is C14H20ClN5. The van der Waals surface area contributed by atoms with Crippen LogP contribution in [0.3, 0.4) is 0 Å². The molecule has 1 aliphatic heterocycles. The molecule has 1 aliphatic rings. The van der Waals surface area contributed by atoms with Crippen LogP contribution in [0.4, 0.5) is 5.95 Å². The molecule has 2 aromatic rings. The van der Waals surface area contributed by atoms with Crippen LogP contribution in [0.2, 0.25) is 5.02 Å². The van der Waals surface area contributed by atoms with E-state index in [0.29, 0.717) is 17.1 Å². The monoisotopic (exact) mass is 293 g/mol. The quantitative estimate of drug-likeness (QED) is 0.940. The van der Waals surface area contributed by atoms with Crippen molar-refractivity contribution in [1.82, 2.24) is 19.9 Å². The third-order valence-corrected chi connectivity index (χ3v) is 3.97. The van der Waals surface area contributed by atoms with E-state index in [2.05, 4.69) is 34.1 Å². The lowest BCUT2D eigenvalue weighted by Crippen LogP contribution is -2.42. The van der Waals surface area contributed by atoms with Crippen LogP contribution in [0.15, 0.2) is 18.3 Å². The zero-order valence-electron chi connectivity index (χ0n) is 11.9. The average molecular weight is 294 g/mol. The zero-order valence-corrected chi connectivity index (χ0v) is 12.6. The minimum atomic E-state index is 0.366. The summed E-state index contributed by atoms with van der Waals surface area (Å²) in [6.07, 6.45) is 4.27. The first-order chi connectivity index (χ1) is 9.63. The molecule has 1 unspecified atom stereocenters. The van der Waals surface area contributed by atoms with Gasteiger partial charge in [-0.05, 0) is 45.4 Å². The summed E-state index contributed by atoms with van der Waals surface area (Å²) in [6.45, 7) is 6.41. The summed E-state index contributed by atoms with van der Waals surface area (Å²) in [4.78, 5) is 6.86. The van der Waals surface area contributed by atoms with Crippen LogP contribution in [0.5, 0.6) is 0 Å². The summed E-state index contributed by atoms with van der Waals surface area (Å²) in [5, 5.41) is 8.75. The first-order valence-electron chi connectivity index (χ1n) is 7.15. The number of hydrogen-bond donors (Lipinski definition) is 1. The van der Waals surface area contributed by atoms with E-state index in [-0.39, 0.29) is 0 Å². The summed E-state index contributed by atoms with van der Waals surface area (Å²) in [5.74, 6) is 0.774. The van der Waals surface area contributed by atoms with Gasteiger partial charge < -0.3 is 10.2 Å². The van der Waals surface area contributed by atoms with Crippen LogP contribution in [0, 0.1) is 0 Å². The Labute approximate surface area is 123 Å². The van der Waals surface area contributed by atoms with E-state index in [4.69, 9.17) is 11.6 Å². The third-order valence-electron chi connectivity index (χ3n) is 3.74. The fourth-order valence-corrected chi connectivity index (χ4v) is 2.80. The third kappa shape index (κ3) is 2.74. The van der Waals surface area contributed by atoms with E-state index in [1.807, 2.05) is 12.1 Å². The first-order valence-corrected chi connectivity index (χ1v) is 7.53. The Morgan fingerprint density at radius 3 is 3.05 bits per heavy atom. The van der Waals surface area contributed by atoms with E-state index in [0.717, 1.165) is 24.7 Å². The highest BCUT2D eigenvalue weighted by molar-refractivity contribution is 6.30. The summed E-state index contributed by atoms with van der Waals surface area (Å²) >= 11 is 6.00. The number of pyridine rings is 1. The standard InChI is InChI=1S/C14H20ClN5/c1-10(2)19(9-12-4-3-7-16-12)14-17-13-6-5-11(15)8-20(13)18-14/h5-6,8,10,12,16H,3-4,7,9H2,1-2H3. The predicted octanol–water partition coefficient (Wildman–Crippen LogP) is 2.35. The van der Waals surface area contributed by atoms with Gasteiger partial charge in [-0.25, -0.2) is 4.52 Å². The van der Waals surface area contributed by atoms with Crippen molar-refractivity contribution in [3.05, 3.63) is 23.4 Å². The van der Waals surface area contributed by atoms with Crippen LogP contribution in [-0.4, -0.2) is 39.8 Å². The number of hydrogen-bond acceptors (Lipinski definition) is 4. The molecule has 0 saturated carbocycles. The van der Waals surface area contributed by atoms with Crippen LogP contribution < -0.4 is 10.2 Å². The Bertz CT molecular complexity index is 588. The highest BCUT2D eigenvalue weighted by atomic mass is 35.5. The fraction of sp³-hybridized carbons (Fsp3) is 0.571. The van der Waals surface area contributed by atoms with Gasteiger partial charge in [0.1, 0.15) is 0 Å². The number of fused-ring (bicyclic) bond motifs is 1. The predicted molar refractivity (Wildman–Crippen MR) is 81.5 cm³/mol. The van der Waals surface area contributed by atoms with Crippen molar-refractivity contribution >= 4 is 23.2 Å². The molecule has 1 saturated heterocycles. The lowest BCUT2D eigenvalue weighted by Gasteiger charge is -2.28. The first kappa shape index (κ1) is 13.6. The Morgan fingerprint density at radius 2 is 2.35 bits per heavy atom. The van der Waals surface area contributed by atoms with Crippen molar-refractivity contribution < 1.29 is 0 Å². The lowest BCUT2D eigenvalue weighted by molar-refractivity contribution is 0.544. The maximum absolute atomic E-state index is 6.00. The summed E-state index contributed by atoms with van der Waals surface area (Å²) in [5.41, 5.74) is 0.828. The summed E-state index contributed by atoms with van der Waals surface area (Å²) in [6, 6.07) is 4.64. The molecule has 0 bridgehead atoms. The molecular weight excluding hydrogens is 274 g/mol. The molecule has 0 spiro atoms. The number of nitrogens with zero attached hydrogens (tertiary/aromatic N) is 4. The Kier molecular flexibility index (Phi) is 3.81. The highest BCUT2D eigenvalue weighted by Gasteiger charge is 2.22. The molecule has 1 fully saturated rings. The van der Waals surface area contributed by atoms with E-state index in [1.165, 1.54) is 12.8 Å². The Hall–Kier alpha value is -1.33. The maximum Gasteiger partial charge on any atom is 0.245 e. The van der Waals surface area contributed by atoms with Gasteiger partial charge in [-0.1, -0.05) is 11.6 Å².